The molecule has 17 heavy (non-hydrogen) atoms. The normalized spacial score (nSPS) is 9.65. The Morgan fingerprint density at radius 1 is 1.47 bits per heavy atom. The van der Waals surface area contributed by atoms with Crippen LogP contribution >= 0.6 is 0 Å². The van der Waals surface area contributed by atoms with Crippen LogP contribution in [0.4, 0.5) is 0 Å². The van der Waals surface area contributed by atoms with Crippen molar-refractivity contribution in [1.82, 2.24) is 5.32 Å². The summed E-state index contributed by atoms with van der Waals surface area (Å²) in [6.07, 6.45) is 0.350. The molecule has 0 aliphatic heterocycles. The van der Waals surface area contributed by atoms with Gasteiger partial charge in [-0.15, -0.1) is 0 Å². The molecule has 0 saturated carbocycles. The van der Waals surface area contributed by atoms with Crippen molar-refractivity contribution in [3.63, 3.8) is 0 Å². The first-order valence-electron chi connectivity index (χ1n) is 5.62. The molecule has 0 bridgehead atoms. The van der Waals surface area contributed by atoms with E-state index in [-0.39, 0.29) is 5.97 Å². The van der Waals surface area contributed by atoms with Crippen LogP contribution in [0, 0.1) is 11.3 Å². The van der Waals surface area contributed by atoms with Crippen molar-refractivity contribution >= 4 is 5.97 Å². The van der Waals surface area contributed by atoms with E-state index < -0.39 is 0 Å². The van der Waals surface area contributed by atoms with E-state index in [1.54, 1.807) is 13.0 Å². The molecular weight excluding hydrogens is 216 g/mol. The van der Waals surface area contributed by atoms with Gasteiger partial charge in [0.2, 0.25) is 0 Å². The predicted octanol–water partition coefficient (Wildman–Crippen LogP) is 1.60. The fourth-order valence-corrected chi connectivity index (χ4v) is 1.43. The number of nitrogens with one attached hydrogen (secondary N) is 1. The van der Waals surface area contributed by atoms with Gasteiger partial charge < -0.3 is 10.1 Å². The second-order valence-electron chi connectivity index (χ2n) is 3.50. The minimum Gasteiger partial charge on any atom is -0.466 e. The lowest BCUT2D eigenvalue weighted by molar-refractivity contribution is -0.142. The molecule has 0 heterocycles. The van der Waals surface area contributed by atoms with Crippen molar-refractivity contribution < 1.29 is 9.53 Å². The van der Waals surface area contributed by atoms with Crippen molar-refractivity contribution in [3.05, 3.63) is 35.4 Å². The van der Waals surface area contributed by atoms with Crippen molar-refractivity contribution in [3.8, 4) is 6.07 Å². The summed E-state index contributed by atoms with van der Waals surface area (Å²) in [5.74, 6) is -0.200. The summed E-state index contributed by atoms with van der Waals surface area (Å²) < 4.78 is 4.81. The molecule has 0 radical (unpaired) electrons. The molecule has 1 aromatic rings. The Morgan fingerprint density at radius 2 is 2.24 bits per heavy atom. The molecule has 0 saturated heterocycles. The third kappa shape index (κ3) is 4.66. The Hall–Kier alpha value is -1.86. The molecule has 0 atom stereocenters. The molecule has 1 rings (SSSR count). The van der Waals surface area contributed by atoms with Gasteiger partial charge in [0.25, 0.3) is 0 Å². The van der Waals surface area contributed by atoms with Crippen LogP contribution in [-0.4, -0.2) is 19.1 Å². The lowest BCUT2D eigenvalue weighted by Crippen LogP contribution is -2.19. The van der Waals surface area contributed by atoms with Crippen LogP contribution in [-0.2, 0) is 16.1 Å². The van der Waals surface area contributed by atoms with Crippen LogP contribution in [0.15, 0.2) is 24.3 Å². The van der Waals surface area contributed by atoms with Crippen LogP contribution in [0.1, 0.15) is 24.5 Å². The highest BCUT2D eigenvalue weighted by atomic mass is 16.5. The van der Waals surface area contributed by atoms with Crippen molar-refractivity contribution in [2.45, 2.75) is 19.9 Å². The van der Waals surface area contributed by atoms with Gasteiger partial charge in [-0.05, 0) is 18.6 Å². The molecule has 0 fully saturated rings. The minimum absolute atomic E-state index is 0.200. The summed E-state index contributed by atoms with van der Waals surface area (Å²) in [6.45, 7) is 3.34. The zero-order valence-corrected chi connectivity index (χ0v) is 9.90. The SMILES string of the molecule is CCOC(=O)CCNCc1ccccc1C#N. The van der Waals surface area contributed by atoms with Gasteiger partial charge in [-0.3, -0.25) is 4.79 Å². The fraction of sp³-hybridized carbons (Fsp3) is 0.385. The maximum absolute atomic E-state index is 11.1. The topological polar surface area (TPSA) is 62.1 Å². The minimum atomic E-state index is -0.200. The first-order chi connectivity index (χ1) is 8.27. The van der Waals surface area contributed by atoms with Crippen LogP contribution in [0.2, 0.25) is 0 Å². The highest BCUT2D eigenvalue weighted by Gasteiger charge is 2.02. The molecule has 1 N–H and O–H groups in total. The third-order valence-corrected chi connectivity index (χ3v) is 2.26. The smallest absolute Gasteiger partial charge is 0.307 e. The summed E-state index contributed by atoms with van der Waals surface area (Å²) in [5.41, 5.74) is 1.61. The monoisotopic (exact) mass is 232 g/mol. The second-order valence-corrected chi connectivity index (χ2v) is 3.50. The summed E-state index contributed by atoms with van der Waals surface area (Å²) >= 11 is 0. The highest BCUT2D eigenvalue weighted by molar-refractivity contribution is 5.69. The zero-order valence-electron chi connectivity index (χ0n) is 9.90. The van der Waals surface area contributed by atoms with E-state index in [1.807, 2.05) is 18.2 Å². The maximum Gasteiger partial charge on any atom is 0.307 e. The molecule has 1 aromatic carbocycles. The van der Waals surface area contributed by atoms with Gasteiger partial charge in [0, 0.05) is 13.1 Å². The molecule has 90 valence electrons. The van der Waals surface area contributed by atoms with Crippen molar-refractivity contribution in [2.75, 3.05) is 13.2 Å². The quantitative estimate of drug-likeness (QED) is 0.597. The predicted molar refractivity (Wildman–Crippen MR) is 64.1 cm³/mol. The summed E-state index contributed by atoms with van der Waals surface area (Å²) in [7, 11) is 0. The second kappa shape index (κ2) is 7.42. The van der Waals surface area contributed by atoms with E-state index in [0.717, 1.165) is 5.56 Å². The fourth-order valence-electron chi connectivity index (χ4n) is 1.43. The number of ether oxygens (including phenoxy) is 1. The first kappa shape index (κ1) is 13.2. The van der Waals surface area contributed by atoms with Gasteiger partial charge in [0.1, 0.15) is 0 Å². The Kier molecular flexibility index (Phi) is 5.76. The molecule has 0 amide bonds. The Bertz CT molecular complexity index is 410. The van der Waals surface area contributed by atoms with Gasteiger partial charge in [0.15, 0.2) is 0 Å². The highest BCUT2D eigenvalue weighted by Crippen LogP contribution is 2.06. The standard InChI is InChI=1S/C13H16N2O2/c1-2-17-13(16)7-8-15-10-12-6-4-3-5-11(12)9-14/h3-6,15H,2,7-8,10H2,1H3. The van der Waals surface area contributed by atoms with Crippen LogP contribution < -0.4 is 5.32 Å². The summed E-state index contributed by atoms with van der Waals surface area (Å²) in [4.78, 5) is 11.1. The Balaban J connectivity index is 2.32. The van der Waals surface area contributed by atoms with E-state index in [0.29, 0.717) is 31.7 Å². The number of nitriles is 1. The van der Waals surface area contributed by atoms with Crippen molar-refractivity contribution in [1.29, 1.82) is 5.26 Å². The van der Waals surface area contributed by atoms with Gasteiger partial charge in [-0.25, -0.2) is 0 Å². The van der Waals surface area contributed by atoms with Crippen LogP contribution in [0.5, 0.6) is 0 Å². The summed E-state index contributed by atoms with van der Waals surface area (Å²) in [6, 6.07) is 9.54. The lowest BCUT2D eigenvalue weighted by Gasteiger charge is -2.06. The third-order valence-electron chi connectivity index (χ3n) is 2.26. The summed E-state index contributed by atoms with van der Waals surface area (Å²) in [5, 5.41) is 12.0. The number of hydrogen-bond acceptors (Lipinski definition) is 4. The number of hydrogen-bond donors (Lipinski definition) is 1. The Morgan fingerprint density at radius 3 is 2.94 bits per heavy atom. The lowest BCUT2D eigenvalue weighted by atomic mass is 10.1. The van der Waals surface area contributed by atoms with Gasteiger partial charge >= 0.3 is 5.97 Å². The number of benzene rings is 1. The van der Waals surface area contributed by atoms with Crippen LogP contribution in [0.25, 0.3) is 0 Å². The number of carbonyl (C=O) groups is 1. The molecule has 0 spiro atoms. The number of rotatable bonds is 6. The number of carbonyl (C=O) groups excluding carboxylic acids is 1. The zero-order chi connectivity index (χ0) is 12.5. The van der Waals surface area contributed by atoms with Gasteiger partial charge in [-0.1, -0.05) is 18.2 Å². The molecule has 0 aromatic heterocycles. The molecule has 0 aliphatic rings. The number of esters is 1. The van der Waals surface area contributed by atoms with Gasteiger partial charge in [-0.2, -0.15) is 5.26 Å². The maximum atomic E-state index is 11.1. The molecule has 0 aliphatic carbocycles. The molecule has 4 heteroatoms. The Labute approximate surface area is 101 Å². The van der Waals surface area contributed by atoms with E-state index >= 15 is 0 Å². The van der Waals surface area contributed by atoms with Gasteiger partial charge in [0.05, 0.1) is 24.7 Å². The number of nitrogens with zero attached hydrogens (tertiary/aromatic N) is 1. The van der Waals surface area contributed by atoms with Crippen molar-refractivity contribution in [2.24, 2.45) is 0 Å². The van der Waals surface area contributed by atoms with E-state index in [2.05, 4.69) is 11.4 Å². The van der Waals surface area contributed by atoms with E-state index in [1.165, 1.54) is 0 Å². The molecule has 4 nitrogen and oxygen atoms in total. The first-order valence-corrected chi connectivity index (χ1v) is 5.62. The largest absolute Gasteiger partial charge is 0.466 e. The average molecular weight is 232 g/mol. The average Bonchev–Trinajstić information content (AvgIpc) is 2.35. The van der Waals surface area contributed by atoms with Crippen LogP contribution in [0.3, 0.4) is 0 Å². The van der Waals surface area contributed by atoms with E-state index in [9.17, 15) is 4.79 Å². The molecular formula is C13H16N2O2. The van der Waals surface area contributed by atoms with E-state index in [4.69, 9.17) is 10.00 Å². The molecule has 0 unspecified atom stereocenters.